The molecule has 0 bridgehead atoms. The minimum atomic E-state index is -0.341. The molecule has 1 atom stereocenters. The Bertz CT molecular complexity index is 386. The first-order valence-electron chi connectivity index (χ1n) is 5.63. The monoisotopic (exact) mass is 239 g/mol. The first kappa shape index (κ1) is 11.6. The molecule has 1 amide bonds. The fraction of sp³-hybridized carbons (Fsp3) is 0.583. The Hall–Kier alpha value is -0.870. The van der Waals surface area contributed by atoms with E-state index in [-0.39, 0.29) is 12.0 Å². The number of aliphatic hydroxyl groups excluding tert-OH is 1. The molecule has 0 aromatic carbocycles. The minimum absolute atomic E-state index is 0.0553. The maximum absolute atomic E-state index is 12.0. The zero-order valence-corrected chi connectivity index (χ0v) is 10.5. The van der Waals surface area contributed by atoms with Gasteiger partial charge in [0.25, 0.3) is 5.91 Å². The number of likely N-dealkylation sites (tertiary alicyclic amines) is 1. The molecule has 0 spiro atoms. The highest BCUT2D eigenvalue weighted by Crippen LogP contribution is 2.24. The summed E-state index contributed by atoms with van der Waals surface area (Å²) in [4.78, 5) is 15.0. The number of carbonyl (C=O) groups excluding carboxylic acids is 1. The van der Waals surface area contributed by atoms with E-state index in [9.17, 15) is 9.90 Å². The fourth-order valence-corrected chi connectivity index (χ4v) is 2.78. The Morgan fingerprint density at radius 1 is 1.62 bits per heavy atom. The number of β-amino-alcohol motifs (C(OH)–C–C–N with tert-alkyl or cyclic N) is 1. The number of aliphatic hydroxyl groups is 1. The van der Waals surface area contributed by atoms with Crippen LogP contribution in [0.3, 0.4) is 0 Å². The Balaban J connectivity index is 2.09. The van der Waals surface area contributed by atoms with E-state index in [1.807, 2.05) is 11.4 Å². The SMILES string of the molecule is CC(C)c1cc(C(=O)N2CCC(O)C2)cs1. The third kappa shape index (κ3) is 2.28. The van der Waals surface area contributed by atoms with Crippen LogP contribution >= 0.6 is 11.3 Å². The van der Waals surface area contributed by atoms with Gasteiger partial charge in [0.05, 0.1) is 11.7 Å². The largest absolute Gasteiger partial charge is 0.391 e. The quantitative estimate of drug-likeness (QED) is 0.858. The van der Waals surface area contributed by atoms with Crippen molar-refractivity contribution in [3.63, 3.8) is 0 Å². The van der Waals surface area contributed by atoms with Gasteiger partial charge < -0.3 is 10.0 Å². The van der Waals surface area contributed by atoms with Crippen molar-refractivity contribution in [1.29, 1.82) is 0 Å². The maximum atomic E-state index is 12.0. The molecule has 2 heterocycles. The van der Waals surface area contributed by atoms with Gasteiger partial charge in [-0.2, -0.15) is 0 Å². The van der Waals surface area contributed by atoms with Gasteiger partial charge in [-0.15, -0.1) is 11.3 Å². The summed E-state index contributed by atoms with van der Waals surface area (Å²) in [6, 6.07) is 1.97. The van der Waals surface area contributed by atoms with E-state index in [0.717, 1.165) is 5.56 Å². The van der Waals surface area contributed by atoms with E-state index in [1.165, 1.54) is 4.88 Å². The summed E-state index contributed by atoms with van der Waals surface area (Å²) in [5, 5.41) is 11.3. The number of thiophene rings is 1. The molecule has 1 unspecified atom stereocenters. The van der Waals surface area contributed by atoms with Gasteiger partial charge in [-0.3, -0.25) is 4.79 Å². The summed E-state index contributed by atoms with van der Waals surface area (Å²) < 4.78 is 0. The summed E-state index contributed by atoms with van der Waals surface area (Å²) >= 11 is 1.64. The Labute approximate surface area is 99.7 Å². The first-order valence-corrected chi connectivity index (χ1v) is 6.51. The second kappa shape index (κ2) is 4.55. The molecule has 16 heavy (non-hydrogen) atoms. The first-order chi connectivity index (χ1) is 7.58. The van der Waals surface area contributed by atoms with E-state index < -0.39 is 0 Å². The van der Waals surface area contributed by atoms with Crippen molar-refractivity contribution < 1.29 is 9.90 Å². The molecule has 1 aromatic heterocycles. The number of hydrogen-bond acceptors (Lipinski definition) is 3. The van der Waals surface area contributed by atoms with Crippen LogP contribution < -0.4 is 0 Å². The average Bonchev–Trinajstić information content (AvgIpc) is 2.84. The molecular weight excluding hydrogens is 222 g/mol. The summed E-state index contributed by atoms with van der Waals surface area (Å²) in [6.45, 7) is 5.40. The molecule has 1 fully saturated rings. The lowest BCUT2D eigenvalue weighted by Gasteiger charge is -2.14. The van der Waals surface area contributed by atoms with Gasteiger partial charge in [0.1, 0.15) is 0 Å². The van der Waals surface area contributed by atoms with Crippen LogP contribution in [0, 0.1) is 0 Å². The Kier molecular flexibility index (Phi) is 3.30. The van der Waals surface area contributed by atoms with Crippen molar-refractivity contribution in [2.75, 3.05) is 13.1 Å². The number of hydrogen-bond donors (Lipinski definition) is 1. The molecule has 1 N–H and O–H groups in total. The molecular formula is C12H17NO2S. The maximum Gasteiger partial charge on any atom is 0.254 e. The van der Waals surface area contributed by atoms with Gasteiger partial charge in [-0.1, -0.05) is 13.8 Å². The van der Waals surface area contributed by atoms with Crippen molar-refractivity contribution in [2.45, 2.75) is 32.3 Å². The normalized spacial score (nSPS) is 20.8. The standard InChI is InChI=1S/C12H17NO2S/c1-8(2)11-5-9(7-16-11)12(15)13-4-3-10(14)6-13/h5,7-8,10,14H,3-4,6H2,1-2H3. The zero-order valence-electron chi connectivity index (χ0n) is 9.64. The van der Waals surface area contributed by atoms with Gasteiger partial charge >= 0.3 is 0 Å². The molecule has 0 radical (unpaired) electrons. The highest BCUT2D eigenvalue weighted by atomic mass is 32.1. The number of carbonyl (C=O) groups is 1. The summed E-state index contributed by atoms with van der Waals surface area (Å²) in [7, 11) is 0. The van der Waals surface area contributed by atoms with E-state index in [2.05, 4.69) is 13.8 Å². The molecule has 1 saturated heterocycles. The van der Waals surface area contributed by atoms with Crippen LogP contribution in [0.1, 0.15) is 41.4 Å². The average molecular weight is 239 g/mol. The highest BCUT2D eigenvalue weighted by molar-refractivity contribution is 7.10. The van der Waals surface area contributed by atoms with Crippen LogP contribution in [0.5, 0.6) is 0 Å². The third-order valence-electron chi connectivity index (χ3n) is 2.89. The van der Waals surface area contributed by atoms with Crippen molar-refractivity contribution in [1.82, 2.24) is 4.90 Å². The fourth-order valence-electron chi connectivity index (χ4n) is 1.88. The van der Waals surface area contributed by atoms with Crippen LogP contribution in [0.25, 0.3) is 0 Å². The summed E-state index contributed by atoms with van der Waals surface area (Å²) in [5.74, 6) is 0.524. The van der Waals surface area contributed by atoms with E-state index in [4.69, 9.17) is 0 Å². The molecule has 0 aliphatic carbocycles. The van der Waals surface area contributed by atoms with Crippen LogP contribution in [-0.4, -0.2) is 35.1 Å². The lowest BCUT2D eigenvalue weighted by molar-refractivity contribution is 0.0765. The lowest BCUT2D eigenvalue weighted by Crippen LogP contribution is -2.29. The van der Waals surface area contributed by atoms with Gasteiger partial charge in [-0.05, 0) is 18.4 Å². The van der Waals surface area contributed by atoms with E-state index in [0.29, 0.717) is 25.4 Å². The van der Waals surface area contributed by atoms with E-state index >= 15 is 0 Å². The Morgan fingerprint density at radius 2 is 2.38 bits per heavy atom. The second-order valence-electron chi connectivity index (χ2n) is 4.59. The van der Waals surface area contributed by atoms with Crippen LogP contribution in [-0.2, 0) is 0 Å². The number of amides is 1. The minimum Gasteiger partial charge on any atom is -0.391 e. The lowest BCUT2D eigenvalue weighted by atomic mass is 10.1. The molecule has 0 saturated carbocycles. The van der Waals surface area contributed by atoms with E-state index in [1.54, 1.807) is 16.2 Å². The predicted molar refractivity (Wildman–Crippen MR) is 64.9 cm³/mol. The summed E-state index contributed by atoms with van der Waals surface area (Å²) in [5.41, 5.74) is 0.766. The summed E-state index contributed by atoms with van der Waals surface area (Å²) in [6.07, 6.45) is 0.361. The van der Waals surface area contributed by atoms with Crippen LogP contribution in [0.2, 0.25) is 0 Å². The molecule has 4 heteroatoms. The molecule has 1 aromatic rings. The van der Waals surface area contributed by atoms with Gasteiger partial charge in [-0.25, -0.2) is 0 Å². The van der Waals surface area contributed by atoms with Crippen molar-refractivity contribution in [3.8, 4) is 0 Å². The molecule has 3 nitrogen and oxygen atoms in total. The molecule has 1 aliphatic heterocycles. The van der Waals surface area contributed by atoms with Crippen LogP contribution in [0.15, 0.2) is 11.4 Å². The molecule has 88 valence electrons. The predicted octanol–water partition coefficient (Wildman–Crippen LogP) is 2.08. The van der Waals surface area contributed by atoms with Crippen LogP contribution in [0.4, 0.5) is 0 Å². The zero-order chi connectivity index (χ0) is 11.7. The Morgan fingerprint density at radius 3 is 2.88 bits per heavy atom. The van der Waals surface area contributed by atoms with Crippen molar-refractivity contribution >= 4 is 17.2 Å². The number of rotatable bonds is 2. The third-order valence-corrected chi connectivity index (χ3v) is 4.12. The van der Waals surface area contributed by atoms with Crippen molar-refractivity contribution in [2.24, 2.45) is 0 Å². The van der Waals surface area contributed by atoms with Gasteiger partial charge in [0.2, 0.25) is 0 Å². The topological polar surface area (TPSA) is 40.5 Å². The van der Waals surface area contributed by atoms with Crippen molar-refractivity contribution in [3.05, 3.63) is 21.9 Å². The van der Waals surface area contributed by atoms with Gasteiger partial charge in [0, 0.05) is 23.3 Å². The highest BCUT2D eigenvalue weighted by Gasteiger charge is 2.25. The number of nitrogens with zero attached hydrogens (tertiary/aromatic N) is 1. The van der Waals surface area contributed by atoms with Gasteiger partial charge in [0.15, 0.2) is 0 Å². The second-order valence-corrected chi connectivity index (χ2v) is 5.53. The molecule has 2 rings (SSSR count). The molecule has 1 aliphatic rings. The smallest absolute Gasteiger partial charge is 0.254 e.